The van der Waals surface area contributed by atoms with Crippen molar-refractivity contribution in [3.05, 3.63) is 96.1 Å². The molecule has 1 aliphatic rings. The van der Waals surface area contributed by atoms with Crippen LogP contribution in [-0.4, -0.2) is 46.5 Å². The van der Waals surface area contributed by atoms with Crippen molar-refractivity contribution in [1.29, 1.82) is 0 Å². The SMILES string of the molecule is OC[C@H](O)CN1[C@@H](CCc2cccc3ccccc23)CCC[C@H]1CCc1cccc2ccccc12. The van der Waals surface area contributed by atoms with Gasteiger partial charge in [0.2, 0.25) is 0 Å². The molecule has 1 fully saturated rings. The lowest BCUT2D eigenvalue weighted by Crippen LogP contribution is -2.50. The Morgan fingerprint density at radius 2 is 1.17 bits per heavy atom. The highest BCUT2D eigenvalue weighted by Gasteiger charge is 2.31. The first-order valence-corrected chi connectivity index (χ1v) is 13.2. The lowest BCUT2D eigenvalue weighted by atomic mass is 9.87. The predicted octanol–water partition coefficient (Wildman–Crippen LogP) is 6.13. The zero-order valence-corrected chi connectivity index (χ0v) is 20.5. The molecule has 0 bridgehead atoms. The number of aliphatic hydroxyl groups is 2. The summed E-state index contributed by atoms with van der Waals surface area (Å²) in [6.45, 7) is 0.374. The maximum absolute atomic E-state index is 10.4. The van der Waals surface area contributed by atoms with Gasteiger partial charge >= 0.3 is 0 Å². The first-order valence-electron chi connectivity index (χ1n) is 13.2. The van der Waals surface area contributed by atoms with Gasteiger partial charge < -0.3 is 10.2 Å². The highest BCUT2D eigenvalue weighted by Crippen LogP contribution is 2.31. The summed E-state index contributed by atoms with van der Waals surface area (Å²) in [6.07, 6.45) is 7.09. The zero-order valence-electron chi connectivity index (χ0n) is 20.5. The lowest BCUT2D eigenvalue weighted by molar-refractivity contribution is 0.00218. The van der Waals surface area contributed by atoms with Crippen LogP contribution in [0.1, 0.15) is 43.2 Å². The summed E-state index contributed by atoms with van der Waals surface area (Å²) in [4.78, 5) is 2.53. The summed E-state index contributed by atoms with van der Waals surface area (Å²) in [5.41, 5.74) is 2.81. The van der Waals surface area contributed by atoms with E-state index >= 15 is 0 Å². The Hall–Kier alpha value is -2.72. The molecule has 35 heavy (non-hydrogen) atoms. The Morgan fingerprint density at radius 1 is 0.686 bits per heavy atom. The molecule has 4 aromatic carbocycles. The van der Waals surface area contributed by atoms with E-state index in [1.807, 2.05) is 0 Å². The number of β-amino-alcohol motifs (C(OH)–C–C–N with tert-alkyl or cyclic N) is 1. The van der Waals surface area contributed by atoms with Crippen LogP contribution in [-0.2, 0) is 12.8 Å². The van der Waals surface area contributed by atoms with Crippen LogP contribution in [0.25, 0.3) is 21.5 Å². The zero-order chi connectivity index (χ0) is 24.0. The summed E-state index contributed by atoms with van der Waals surface area (Å²) in [5.74, 6) is 0. The highest BCUT2D eigenvalue weighted by molar-refractivity contribution is 5.86. The number of benzene rings is 4. The monoisotopic (exact) mass is 467 g/mol. The maximum atomic E-state index is 10.4. The molecule has 0 amide bonds. The highest BCUT2D eigenvalue weighted by atomic mass is 16.3. The molecule has 1 saturated heterocycles. The van der Waals surface area contributed by atoms with Crippen LogP contribution in [0, 0.1) is 0 Å². The van der Waals surface area contributed by atoms with Gasteiger partial charge in [0.05, 0.1) is 12.7 Å². The van der Waals surface area contributed by atoms with Gasteiger partial charge in [-0.2, -0.15) is 0 Å². The van der Waals surface area contributed by atoms with Gasteiger partial charge in [-0.25, -0.2) is 0 Å². The third kappa shape index (κ3) is 5.59. The standard InChI is InChI=1S/C32H37NO2/c34-23-30(35)22-33-28(20-18-26-12-5-10-24-8-1-3-16-31(24)26)14-7-15-29(33)21-19-27-13-6-11-25-9-2-4-17-32(25)27/h1-6,8-13,16-17,28-30,34-35H,7,14-15,18-23H2/t28-,29+,30-/m1/s1. The largest absolute Gasteiger partial charge is 0.394 e. The Bertz CT molecular complexity index is 1150. The summed E-state index contributed by atoms with van der Waals surface area (Å²) in [7, 11) is 0. The normalized spacial score (nSPS) is 19.8. The summed E-state index contributed by atoms with van der Waals surface area (Å²) in [6, 6.07) is 31.4. The second-order valence-electron chi connectivity index (χ2n) is 10.1. The first kappa shape index (κ1) is 24.0. The van der Waals surface area contributed by atoms with E-state index in [-0.39, 0.29) is 6.61 Å². The van der Waals surface area contributed by atoms with Gasteiger partial charge in [-0.1, -0.05) is 91.3 Å². The van der Waals surface area contributed by atoms with E-state index in [1.165, 1.54) is 39.1 Å². The Morgan fingerprint density at radius 3 is 1.69 bits per heavy atom. The minimum Gasteiger partial charge on any atom is -0.394 e. The van der Waals surface area contributed by atoms with Crippen molar-refractivity contribution < 1.29 is 10.2 Å². The Labute approximate surface area is 209 Å². The van der Waals surface area contributed by atoms with Gasteiger partial charge in [-0.05, 0) is 71.2 Å². The van der Waals surface area contributed by atoms with Crippen LogP contribution in [0.2, 0.25) is 0 Å². The van der Waals surface area contributed by atoms with Crippen molar-refractivity contribution in [2.24, 2.45) is 0 Å². The fourth-order valence-corrected chi connectivity index (χ4v) is 6.10. The van der Waals surface area contributed by atoms with Crippen LogP contribution >= 0.6 is 0 Å². The van der Waals surface area contributed by atoms with E-state index in [1.54, 1.807) is 0 Å². The molecule has 1 aliphatic heterocycles. The van der Waals surface area contributed by atoms with Crippen LogP contribution in [0.3, 0.4) is 0 Å². The molecule has 5 rings (SSSR count). The number of likely N-dealkylation sites (tertiary alicyclic amines) is 1. The molecular weight excluding hydrogens is 430 g/mol. The summed E-state index contributed by atoms with van der Waals surface area (Å²) < 4.78 is 0. The second kappa shape index (κ2) is 11.3. The van der Waals surface area contributed by atoms with E-state index in [9.17, 15) is 10.2 Å². The van der Waals surface area contributed by atoms with E-state index in [0.717, 1.165) is 38.5 Å². The first-order chi connectivity index (χ1) is 17.2. The number of nitrogens with zero attached hydrogens (tertiary/aromatic N) is 1. The minimum absolute atomic E-state index is 0.178. The average molecular weight is 468 g/mol. The fourth-order valence-electron chi connectivity index (χ4n) is 6.10. The molecule has 3 nitrogen and oxygen atoms in total. The molecule has 0 spiro atoms. The van der Waals surface area contributed by atoms with Crippen LogP contribution in [0.4, 0.5) is 0 Å². The molecule has 2 N–H and O–H groups in total. The number of rotatable bonds is 9. The van der Waals surface area contributed by atoms with Crippen molar-refractivity contribution in [3.8, 4) is 0 Å². The van der Waals surface area contributed by atoms with Gasteiger partial charge in [0.1, 0.15) is 0 Å². The van der Waals surface area contributed by atoms with Crippen LogP contribution in [0.5, 0.6) is 0 Å². The third-order valence-electron chi connectivity index (χ3n) is 7.90. The molecule has 4 aromatic rings. The van der Waals surface area contributed by atoms with Gasteiger partial charge in [-0.3, -0.25) is 4.90 Å². The maximum Gasteiger partial charge on any atom is 0.0897 e. The molecule has 3 heteroatoms. The fraction of sp³-hybridized carbons (Fsp3) is 0.375. The van der Waals surface area contributed by atoms with Crippen molar-refractivity contribution in [1.82, 2.24) is 4.90 Å². The molecule has 0 aromatic heterocycles. The molecule has 3 atom stereocenters. The van der Waals surface area contributed by atoms with Crippen molar-refractivity contribution in [3.63, 3.8) is 0 Å². The summed E-state index contributed by atoms with van der Waals surface area (Å²) >= 11 is 0. The number of aliphatic hydroxyl groups excluding tert-OH is 2. The predicted molar refractivity (Wildman–Crippen MR) is 146 cm³/mol. The van der Waals surface area contributed by atoms with Crippen molar-refractivity contribution in [2.75, 3.05) is 13.2 Å². The Balaban J connectivity index is 1.32. The smallest absolute Gasteiger partial charge is 0.0897 e. The molecule has 0 aliphatic carbocycles. The quantitative estimate of drug-likeness (QED) is 0.311. The van der Waals surface area contributed by atoms with Gasteiger partial charge in [0.25, 0.3) is 0 Å². The van der Waals surface area contributed by atoms with E-state index in [2.05, 4.69) is 89.8 Å². The van der Waals surface area contributed by atoms with Gasteiger partial charge in [0.15, 0.2) is 0 Å². The van der Waals surface area contributed by atoms with E-state index < -0.39 is 6.10 Å². The topological polar surface area (TPSA) is 43.7 Å². The minimum atomic E-state index is -0.687. The molecule has 1 heterocycles. The van der Waals surface area contributed by atoms with Crippen LogP contribution < -0.4 is 0 Å². The number of fused-ring (bicyclic) bond motifs is 2. The van der Waals surface area contributed by atoms with Crippen molar-refractivity contribution >= 4 is 21.5 Å². The van der Waals surface area contributed by atoms with Gasteiger partial charge in [0, 0.05) is 18.6 Å². The molecular formula is C32H37NO2. The molecule has 0 radical (unpaired) electrons. The van der Waals surface area contributed by atoms with Crippen molar-refractivity contribution in [2.45, 2.75) is 63.1 Å². The van der Waals surface area contributed by atoms with E-state index in [0.29, 0.717) is 18.6 Å². The number of hydrogen-bond acceptors (Lipinski definition) is 3. The third-order valence-corrected chi connectivity index (χ3v) is 7.90. The number of aryl methyl sites for hydroxylation is 2. The molecule has 0 unspecified atom stereocenters. The second-order valence-corrected chi connectivity index (χ2v) is 10.1. The summed E-state index contributed by atoms with van der Waals surface area (Å²) in [5, 5.41) is 25.3. The Kier molecular flexibility index (Phi) is 7.78. The molecule has 0 saturated carbocycles. The van der Waals surface area contributed by atoms with Gasteiger partial charge in [-0.15, -0.1) is 0 Å². The number of hydrogen-bond donors (Lipinski definition) is 2. The average Bonchev–Trinajstić information content (AvgIpc) is 2.91. The van der Waals surface area contributed by atoms with E-state index in [4.69, 9.17) is 0 Å². The number of piperidine rings is 1. The van der Waals surface area contributed by atoms with Crippen LogP contribution in [0.15, 0.2) is 84.9 Å². The molecule has 182 valence electrons. The lowest BCUT2D eigenvalue weighted by Gasteiger charge is -2.43.